The minimum absolute atomic E-state index is 0.0802. The smallest absolute Gasteiger partial charge is 0.337 e. The number of nitro benzene ring substituents is 1. The Morgan fingerprint density at radius 1 is 1.11 bits per heavy atom. The Labute approximate surface area is 155 Å². The van der Waals surface area contributed by atoms with E-state index in [4.69, 9.17) is 16.7 Å². The van der Waals surface area contributed by atoms with Gasteiger partial charge in [0.2, 0.25) is 0 Å². The molecule has 0 radical (unpaired) electrons. The molecule has 0 fully saturated rings. The van der Waals surface area contributed by atoms with E-state index in [1.165, 1.54) is 42.5 Å². The largest absolute Gasteiger partial charge is 0.478 e. The number of H-pyrrole nitrogens is 1. The number of hydrogen-bond donors (Lipinski definition) is 3. The number of benzene rings is 2. The predicted molar refractivity (Wildman–Crippen MR) is 97.6 cm³/mol. The fraction of sp³-hybridized carbons (Fsp3) is 0. The van der Waals surface area contributed by atoms with Crippen LogP contribution in [-0.4, -0.2) is 26.9 Å². The molecule has 0 atom stereocenters. The van der Waals surface area contributed by atoms with E-state index in [1.807, 2.05) is 0 Å². The number of nitro groups is 1. The molecule has 0 spiro atoms. The highest BCUT2D eigenvalue weighted by molar-refractivity contribution is 6.33. The summed E-state index contributed by atoms with van der Waals surface area (Å²) in [5.41, 5.74) is -0.726. The second-order valence-electron chi connectivity index (χ2n) is 5.49. The number of carboxylic acid groups (broad SMARTS) is 1. The number of aromatic carboxylic acids is 1. The van der Waals surface area contributed by atoms with Gasteiger partial charge in [0.1, 0.15) is 5.56 Å². The monoisotopic (exact) mass is 387 g/mol. The van der Waals surface area contributed by atoms with Crippen LogP contribution in [-0.2, 0) is 0 Å². The first-order valence-electron chi connectivity index (χ1n) is 7.42. The Morgan fingerprint density at radius 3 is 2.48 bits per heavy atom. The summed E-state index contributed by atoms with van der Waals surface area (Å²) < 4.78 is 0. The first-order chi connectivity index (χ1) is 12.8. The van der Waals surface area contributed by atoms with Crippen molar-refractivity contribution in [3.05, 3.63) is 79.1 Å². The van der Waals surface area contributed by atoms with Crippen molar-refractivity contribution < 1.29 is 19.6 Å². The summed E-state index contributed by atoms with van der Waals surface area (Å²) in [7, 11) is 0. The molecule has 1 heterocycles. The van der Waals surface area contributed by atoms with E-state index in [9.17, 15) is 24.5 Å². The number of carbonyl (C=O) groups is 2. The lowest BCUT2D eigenvalue weighted by Crippen LogP contribution is -2.23. The van der Waals surface area contributed by atoms with Gasteiger partial charge < -0.3 is 15.4 Å². The van der Waals surface area contributed by atoms with Crippen LogP contribution in [0, 0.1) is 10.1 Å². The van der Waals surface area contributed by atoms with Crippen molar-refractivity contribution in [2.75, 3.05) is 5.32 Å². The maximum Gasteiger partial charge on any atom is 0.337 e. The van der Waals surface area contributed by atoms with Crippen molar-refractivity contribution in [1.29, 1.82) is 0 Å². The molecule has 3 aromatic rings. The summed E-state index contributed by atoms with van der Waals surface area (Å²) >= 11 is 5.85. The second kappa shape index (κ2) is 6.89. The lowest BCUT2D eigenvalue weighted by atomic mass is 10.1. The van der Waals surface area contributed by atoms with Crippen molar-refractivity contribution in [1.82, 2.24) is 4.98 Å². The van der Waals surface area contributed by atoms with Crippen LogP contribution in [0.25, 0.3) is 10.9 Å². The van der Waals surface area contributed by atoms with Crippen LogP contribution >= 0.6 is 11.6 Å². The number of carboxylic acids is 1. The number of nitrogens with one attached hydrogen (secondary N) is 2. The fourth-order valence-electron chi connectivity index (χ4n) is 2.44. The standard InChI is InChI=1S/C17H10ClN3O6/c18-13-7-9(1-3-11(13)17(24)25)19-15(22)12-6-8-5-10(21(26)27)2-4-14(8)20-16(12)23/h1-7H,(H,19,22)(H,20,23)(H,24,25). The van der Waals surface area contributed by atoms with Crippen molar-refractivity contribution in [2.45, 2.75) is 0 Å². The Hall–Kier alpha value is -3.72. The van der Waals surface area contributed by atoms with E-state index in [1.54, 1.807) is 0 Å². The fourth-order valence-corrected chi connectivity index (χ4v) is 2.70. The van der Waals surface area contributed by atoms with Crippen LogP contribution in [0.5, 0.6) is 0 Å². The summed E-state index contributed by atoms with van der Waals surface area (Å²) in [6, 6.07) is 8.87. The van der Waals surface area contributed by atoms with Crippen molar-refractivity contribution in [2.24, 2.45) is 0 Å². The molecule has 0 aliphatic rings. The second-order valence-corrected chi connectivity index (χ2v) is 5.90. The molecule has 0 unspecified atom stereocenters. The van der Waals surface area contributed by atoms with Gasteiger partial charge in [-0.2, -0.15) is 0 Å². The minimum atomic E-state index is -1.22. The van der Waals surface area contributed by atoms with Crippen LogP contribution in [0.15, 0.2) is 47.3 Å². The van der Waals surface area contributed by atoms with Gasteiger partial charge in [-0.15, -0.1) is 0 Å². The van der Waals surface area contributed by atoms with Crippen LogP contribution in [0.3, 0.4) is 0 Å². The maximum atomic E-state index is 12.4. The zero-order valence-electron chi connectivity index (χ0n) is 13.4. The quantitative estimate of drug-likeness (QED) is 0.463. The number of fused-ring (bicyclic) bond motifs is 1. The molecular weight excluding hydrogens is 378 g/mol. The van der Waals surface area contributed by atoms with Crippen LogP contribution in [0.1, 0.15) is 20.7 Å². The first-order valence-corrected chi connectivity index (χ1v) is 7.80. The number of hydrogen-bond acceptors (Lipinski definition) is 5. The van der Waals surface area contributed by atoms with Crippen LogP contribution < -0.4 is 10.9 Å². The van der Waals surface area contributed by atoms with Gasteiger partial charge in [0.25, 0.3) is 17.2 Å². The highest BCUT2D eigenvalue weighted by Gasteiger charge is 2.15. The van der Waals surface area contributed by atoms with Gasteiger partial charge in [-0.25, -0.2) is 4.79 Å². The number of pyridine rings is 1. The SMILES string of the molecule is O=C(O)c1ccc(NC(=O)c2cc3cc([N+](=O)[O-])ccc3[nH]c2=O)cc1Cl. The molecular formula is C17H10ClN3O6. The molecule has 10 heteroatoms. The van der Waals surface area contributed by atoms with Gasteiger partial charge >= 0.3 is 5.97 Å². The molecule has 0 saturated carbocycles. The van der Waals surface area contributed by atoms with Crippen molar-refractivity contribution in [3.63, 3.8) is 0 Å². The number of amides is 1. The van der Waals surface area contributed by atoms with E-state index in [0.717, 1.165) is 0 Å². The third-order valence-electron chi connectivity index (χ3n) is 3.74. The summed E-state index contributed by atoms with van der Waals surface area (Å²) in [5, 5.41) is 22.5. The molecule has 1 aromatic heterocycles. The van der Waals surface area contributed by atoms with Crippen LogP contribution in [0.2, 0.25) is 5.02 Å². The molecule has 1 amide bonds. The Kier molecular flexibility index (Phi) is 4.61. The number of nitrogens with zero attached hydrogens (tertiary/aromatic N) is 1. The lowest BCUT2D eigenvalue weighted by Gasteiger charge is -2.07. The number of anilines is 1. The van der Waals surface area contributed by atoms with Gasteiger partial charge in [-0.05, 0) is 30.3 Å². The van der Waals surface area contributed by atoms with E-state index < -0.39 is 22.4 Å². The van der Waals surface area contributed by atoms with Gasteiger partial charge in [0, 0.05) is 28.7 Å². The zero-order valence-corrected chi connectivity index (χ0v) is 14.1. The number of aromatic nitrogens is 1. The van der Waals surface area contributed by atoms with Crippen LogP contribution in [0.4, 0.5) is 11.4 Å². The molecule has 27 heavy (non-hydrogen) atoms. The summed E-state index contributed by atoms with van der Waals surface area (Å²) in [4.78, 5) is 48.3. The third kappa shape index (κ3) is 3.62. The molecule has 0 bridgehead atoms. The first kappa shape index (κ1) is 18.1. The summed E-state index contributed by atoms with van der Waals surface area (Å²) in [6.07, 6.45) is 0. The molecule has 0 saturated heterocycles. The minimum Gasteiger partial charge on any atom is -0.478 e. The molecule has 9 nitrogen and oxygen atoms in total. The predicted octanol–water partition coefficient (Wildman–Crippen LogP) is 3.04. The number of halogens is 1. The molecule has 3 rings (SSSR count). The van der Waals surface area contributed by atoms with E-state index in [0.29, 0.717) is 10.9 Å². The number of rotatable bonds is 4. The zero-order chi connectivity index (χ0) is 19.7. The summed E-state index contributed by atoms with van der Waals surface area (Å²) in [5.74, 6) is -1.99. The summed E-state index contributed by atoms with van der Waals surface area (Å²) in [6.45, 7) is 0. The van der Waals surface area contributed by atoms with Gasteiger partial charge in [0.05, 0.1) is 15.5 Å². The van der Waals surface area contributed by atoms with Gasteiger partial charge in [-0.3, -0.25) is 19.7 Å². The lowest BCUT2D eigenvalue weighted by molar-refractivity contribution is -0.384. The highest BCUT2D eigenvalue weighted by atomic mass is 35.5. The third-order valence-corrected chi connectivity index (χ3v) is 4.05. The van der Waals surface area contributed by atoms with E-state index in [-0.39, 0.29) is 27.5 Å². The normalized spacial score (nSPS) is 10.6. The number of aromatic amines is 1. The highest BCUT2D eigenvalue weighted by Crippen LogP contribution is 2.22. The Balaban J connectivity index is 1.96. The molecule has 2 aromatic carbocycles. The van der Waals surface area contributed by atoms with Crippen molar-refractivity contribution in [3.8, 4) is 0 Å². The number of carbonyl (C=O) groups excluding carboxylic acids is 1. The molecule has 0 aliphatic carbocycles. The number of non-ortho nitro benzene ring substituents is 1. The average Bonchev–Trinajstić information content (AvgIpc) is 2.60. The van der Waals surface area contributed by atoms with E-state index >= 15 is 0 Å². The Morgan fingerprint density at radius 2 is 1.85 bits per heavy atom. The van der Waals surface area contributed by atoms with E-state index in [2.05, 4.69) is 10.3 Å². The molecule has 136 valence electrons. The molecule has 3 N–H and O–H groups in total. The maximum absolute atomic E-state index is 12.4. The molecule has 0 aliphatic heterocycles. The Bertz CT molecular complexity index is 1170. The van der Waals surface area contributed by atoms with Gasteiger partial charge in [0.15, 0.2) is 0 Å². The van der Waals surface area contributed by atoms with Crippen molar-refractivity contribution >= 4 is 45.8 Å². The topological polar surface area (TPSA) is 142 Å². The van der Waals surface area contributed by atoms with Gasteiger partial charge in [-0.1, -0.05) is 11.6 Å². The average molecular weight is 388 g/mol.